The van der Waals surface area contributed by atoms with Crippen molar-refractivity contribution in [3.63, 3.8) is 0 Å². The highest BCUT2D eigenvalue weighted by atomic mass is 19.1. The fraction of sp³-hybridized carbons (Fsp3) is 0.500. The van der Waals surface area contributed by atoms with Crippen molar-refractivity contribution in [1.82, 2.24) is 20.2 Å². The lowest BCUT2D eigenvalue weighted by molar-refractivity contribution is -0.131. The van der Waals surface area contributed by atoms with Gasteiger partial charge in [0.1, 0.15) is 11.6 Å². The maximum absolute atomic E-state index is 13.0. The molecule has 0 radical (unpaired) electrons. The van der Waals surface area contributed by atoms with Crippen LogP contribution in [0, 0.1) is 31.5 Å². The molecule has 164 valence electrons. The van der Waals surface area contributed by atoms with Crippen molar-refractivity contribution in [2.24, 2.45) is 11.8 Å². The smallest absolute Gasteiger partial charge is 0.225 e. The predicted molar refractivity (Wildman–Crippen MR) is 115 cm³/mol. The predicted octanol–water partition coefficient (Wildman–Crippen LogP) is 3.06. The first-order chi connectivity index (χ1) is 14.8. The summed E-state index contributed by atoms with van der Waals surface area (Å²) in [7, 11) is 0. The van der Waals surface area contributed by atoms with Crippen molar-refractivity contribution >= 4 is 11.8 Å². The summed E-state index contributed by atoms with van der Waals surface area (Å²) >= 11 is 0. The summed E-state index contributed by atoms with van der Waals surface area (Å²) in [6.07, 6.45) is 2.09. The summed E-state index contributed by atoms with van der Waals surface area (Å²) in [4.78, 5) is 36.3. The van der Waals surface area contributed by atoms with E-state index in [1.807, 2.05) is 18.7 Å². The third-order valence-corrected chi connectivity index (χ3v) is 6.47. The molecule has 2 aliphatic rings. The summed E-state index contributed by atoms with van der Waals surface area (Å²) in [5.41, 5.74) is 3.29. The van der Waals surface area contributed by atoms with Crippen LogP contribution in [0.25, 0.3) is 0 Å². The molecule has 1 aliphatic heterocycles. The van der Waals surface area contributed by atoms with Crippen LogP contribution in [0.15, 0.2) is 24.3 Å². The molecule has 4 rings (SSSR count). The van der Waals surface area contributed by atoms with Crippen LogP contribution in [0.2, 0.25) is 0 Å². The average Bonchev–Trinajstić information content (AvgIpc) is 3.26. The van der Waals surface area contributed by atoms with E-state index in [-0.39, 0.29) is 35.9 Å². The van der Waals surface area contributed by atoms with Gasteiger partial charge < -0.3 is 10.2 Å². The number of amides is 2. The molecule has 7 heteroatoms. The molecule has 2 heterocycles. The Balaban J connectivity index is 1.36. The quantitative estimate of drug-likeness (QED) is 0.773. The minimum absolute atomic E-state index is 0.122. The second-order valence-electron chi connectivity index (χ2n) is 8.90. The Morgan fingerprint density at radius 1 is 1.16 bits per heavy atom. The number of carbonyl (C=O) groups excluding carboxylic acids is 2. The lowest BCUT2D eigenvalue weighted by Gasteiger charge is -2.17. The van der Waals surface area contributed by atoms with Gasteiger partial charge in [0.15, 0.2) is 0 Å². The number of halogens is 1. The number of hydrogen-bond donors (Lipinski definition) is 1. The number of aromatic nitrogens is 2. The Morgan fingerprint density at radius 2 is 1.81 bits per heavy atom. The lowest BCUT2D eigenvalue weighted by atomic mass is 10.0. The van der Waals surface area contributed by atoms with Gasteiger partial charge in [-0.05, 0) is 50.3 Å². The normalized spacial score (nSPS) is 22.5. The zero-order valence-corrected chi connectivity index (χ0v) is 18.3. The van der Waals surface area contributed by atoms with E-state index in [2.05, 4.69) is 12.2 Å². The fourth-order valence-corrected chi connectivity index (χ4v) is 4.30. The molecule has 0 spiro atoms. The van der Waals surface area contributed by atoms with Crippen molar-refractivity contribution in [3.8, 4) is 0 Å². The number of hydrogen-bond acceptors (Lipinski definition) is 4. The van der Waals surface area contributed by atoms with Crippen LogP contribution in [0.5, 0.6) is 0 Å². The second kappa shape index (κ2) is 8.73. The minimum Gasteiger partial charge on any atom is -0.352 e. The number of nitrogens with zero attached hydrogens (tertiary/aromatic N) is 3. The highest BCUT2D eigenvalue weighted by Crippen LogP contribution is 2.40. The van der Waals surface area contributed by atoms with E-state index in [4.69, 9.17) is 9.97 Å². The summed E-state index contributed by atoms with van der Waals surface area (Å²) in [5.74, 6) is 1.50. The van der Waals surface area contributed by atoms with E-state index in [9.17, 15) is 14.0 Å². The molecule has 3 atom stereocenters. The van der Waals surface area contributed by atoms with Gasteiger partial charge >= 0.3 is 0 Å². The molecular formula is C24H29FN4O2. The number of carbonyl (C=O) groups is 2. The molecule has 1 aromatic carbocycles. The number of rotatable bonds is 6. The highest BCUT2D eigenvalue weighted by Gasteiger charge is 2.43. The molecule has 31 heavy (non-hydrogen) atoms. The maximum Gasteiger partial charge on any atom is 0.225 e. The highest BCUT2D eigenvalue weighted by molar-refractivity contribution is 5.82. The van der Waals surface area contributed by atoms with Gasteiger partial charge in [-0.3, -0.25) is 9.59 Å². The second-order valence-corrected chi connectivity index (χ2v) is 8.90. The number of likely N-dealkylation sites (tertiary alicyclic amines) is 1. The Bertz CT molecular complexity index is 969. The Hall–Kier alpha value is -2.83. The van der Waals surface area contributed by atoms with E-state index in [1.54, 1.807) is 12.1 Å². The van der Waals surface area contributed by atoms with Crippen LogP contribution >= 0.6 is 0 Å². The topological polar surface area (TPSA) is 75.2 Å². The van der Waals surface area contributed by atoms with Crippen LogP contribution in [0.3, 0.4) is 0 Å². The Morgan fingerprint density at radius 3 is 2.42 bits per heavy atom. The van der Waals surface area contributed by atoms with Crippen LogP contribution < -0.4 is 5.32 Å². The number of aryl methyl sites for hydroxylation is 2. The summed E-state index contributed by atoms with van der Waals surface area (Å²) < 4.78 is 13.0. The number of benzene rings is 1. The van der Waals surface area contributed by atoms with Crippen molar-refractivity contribution in [1.29, 1.82) is 0 Å². The zero-order valence-electron chi connectivity index (χ0n) is 18.3. The Kier molecular flexibility index (Phi) is 6.03. The van der Waals surface area contributed by atoms with Gasteiger partial charge in [0.05, 0.1) is 6.42 Å². The third-order valence-electron chi connectivity index (χ3n) is 6.47. The molecular weight excluding hydrogens is 395 g/mol. The van der Waals surface area contributed by atoms with Gasteiger partial charge in [0.2, 0.25) is 11.8 Å². The maximum atomic E-state index is 13.0. The van der Waals surface area contributed by atoms with Gasteiger partial charge in [-0.15, -0.1) is 0 Å². The van der Waals surface area contributed by atoms with Crippen molar-refractivity contribution < 1.29 is 14.0 Å². The van der Waals surface area contributed by atoms with E-state index in [0.717, 1.165) is 47.7 Å². The standard InChI is InChI=1S/C24H29FN4O2/c1-14-10-20(14)24(31)29-9-8-18(13-29)23-27-15(2)21(16(3)28-23)11-22(30)26-12-17-4-6-19(25)7-5-17/h4-7,14,18,20H,8-13H2,1-3H3,(H,26,30)/t14-,18-,20-/m1/s1. The SMILES string of the molecule is Cc1nc([C@@H]2CCN(C(=O)[C@@H]3C[C@H]3C)C2)nc(C)c1CC(=O)NCc1ccc(F)cc1. The van der Waals surface area contributed by atoms with Crippen LogP contribution in [0.4, 0.5) is 4.39 Å². The van der Waals surface area contributed by atoms with E-state index < -0.39 is 0 Å². The lowest BCUT2D eigenvalue weighted by Crippen LogP contribution is -2.30. The largest absolute Gasteiger partial charge is 0.352 e. The fourth-order valence-electron chi connectivity index (χ4n) is 4.30. The molecule has 1 aromatic heterocycles. The number of nitrogens with one attached hydrogen (secondary N) is 1. The molecule has 2 amide bonds. The van der Waals surface area contributed by atoms with Crippen LogP contribution in [-0.4, -0.2) is 39.8 Å². The summed E-state index contributed by atoms with van der Waals surface area (Å²) in [6, 6.07) is 6.07. The van der Waals surface area contributed by atoms with Gasteiger partial charge in [-0.25, -0.2) is 14.4 Å². The molecule has 1 N–H and O–H groups in total. The average molecular weight is 425 g/mol. The van der Waals surface area contributed by atoms with Crippen LogP contribution in [0.1, 0.15) is 54.0 Å². The van der Waals surface area contributed by atoms with Crippen molar-refractivity contribution in [2.75, 3.05) is 13.1 Å². The molecule has 0 bridgehead atoms. The minimum atomic E-state index is -0.296. The van der Waals surface area contributed by atoms with Gasteiger partial charge in [0, 0.05) is 48.4 Å². The molecule has 2 fully saturated rings. The van der Waals surface area contributed by atoms with Crippen molar-refractivity contribution in [3.05, 3.63) is 58.4 Å². The molecule has 6 nitrogen and oxygen atoms in total. The monoisotopic (exact) mass is 424 g/mol. The third kappa shape index (κ3) is 4.92. The Labute approximate surface area is 182 Å². The first-order valence-electron chi connectivity index (χ1n) is 11.0. The molecule has 1 saturated carbocycles. The molecule has 1 aliphatic carbocycles. The first kappa shape index (κ1) is 21.4. The summed E-state index contributed by atoms with van der Waals surface area (Å²) in [6.45, 7) is 7.73. The summed E-state index contributed by atoms with van der Waals surface area (Å²) in [5, 5.41) is 2.87. The van der Waals surface area contributed by atoms with Gasteiger partial charge in [-0.2, -0.15) is 0 Å². The zero-order chi connectivity index (χ0) is 22.1. The van der Waals surface area contributed by atoms with Crippen LogP contribution in [-0.2, 0) is 22.6 Å². The molecule has 1 saturated heterocycles. The van der Waals surface area contributed by atoms with Gasteiger partial charge in [0.25, 0.3) is 0 Å². The first-order valence-corrected chi connectivity index (χ1v) is 11.0. The van der Waals surface area contributed by atoms with E-state index in [1.165, 1.54) is 12.1 Å². The molecule has 2 aromatic rings. The van der Waals surface area contributed by atoms with E-state index >= 15 is 0 Å². The van der Waals surface area contributed by atoms with E-state index in [0.29, 0.717) is 19.0 Å². The van der Waals surface area contributed by atoms with Crippen molar-refractivity contribution in [2.45, 2.75) is 52.5 Å². The van der Waals surface area contributed by atoms with Gasteiger partial charge in [-0.1, -0.05) is 19.1 Å². The molecule has 0 unspecified atom stereocenters.